The molecule has 0 aliphatic heterocycles. The largest absolute Gasteiger partial charge is 0.329 e. The average Bonchev–Trinajstić information content (AvgIpc) is 2.34. The van der Waals surface area contributed by atoms with E-state index in [1.807, 2.05) is 6.07 Å². The van der Waals surface area contributed by atoms with Gasteiger partial charge in [0.2, 0.25) is 0 Å². The van der Waals surface area contributed by atoms with E-state index < -0.39 is 10.8 Å². The molecule has 1 unspecified atom stereocenters. The highest BCUT2D eigenvalue weighted by Crippen LogP contribution is 2.21. The summed E-state index contributed by atoms with van der Waals surface area (Å²) in [5.74, 6) is 0. The minimum atomic E-state index is -0.851. The van der Waals surface area contributed by atoms with E-state index in [1.54, 1.807) is 12.3 Å². The molecule has 0 saturated heterocycles. The minimum Gasteiger partial charge on any atom is -0.202 e. The lowest BCUT2D eigenvalue weighted by atomic mass is 10.5. The summed E-state index contributed by atoms with van der Waals surface area (Å²) in [7, 11) is -0.851. The molecule has 1 atom stereocenters. The van der Waals surface area contributed by atoms with Crippen molar-refractivity contribution >= 4 is 21.1 Å². The van der Waals surface area contributed by atoms with Crippen LogP contribution in [0.3, 0.4) is 0 Å². The quantitative estimate of drug-likeness (QED) is 0.583. The van der Waals surface area contributed by atoms with Gasteiger partial charge in [-0.15, -0.1) is 0 Å². The lowest BCUT2D eigenvalue weighted by Gasteiger charge is -1.76. The Kier molecular flexibility index (Phi) is 1.15. The third-order valence-electron chi connectivity index (χ3n) is 1.24. The third-order valence-corrected chi connectivity index (χ3v) is 2.26. The van der Waals surface area contributed by atoms with Gasteiger partial charge >= 0.3 is 4.83 Å². The number of nitrogens with zero attached hydrogens (tertiary/aromatic N) is 2. The Balaban J connectivity index is 2.93. The van der Waals surface area contributed by atoms with Gasteiger partial charge in [0, 0.05) is 6.20 Å². The maximum Gasteiger partial charge on any atom is 0.329 e. The first-order chi connectivity index (χ1) is 4.88. The van der Waals surface area contributed by atoms with E-state index in [0.29, 0.717) is 4.83 Å². The standard InChI is InChI=1S/C6H5N2OS/c9-10-4-8-5-2-1-3-7-6(5)10/h1-4,9H/q+1. The number of thiazole rings is 1. The van der Waals surface area contributed by atoms with Crippen LogP contribution in [0, 0.1) is 0 Å². The summed E-state index contributed by atoms with van der Waals surface area (Å²) in [6, 6.07) is 3.64. The predicted octanol–water partition coefficient (Wildman–Crippen LogP) is 1.51. The van der Waals surface area contributed by atoms with Crippen molar-refractivity contribution in [2.24, 2.45) is 0 Å². The van der Waals surface area contributed by atoms with Crippen LogP contribution in [0.15, 0.2) is 23.8 Å². The number of pyridine rings is 1. The SMILES string of the molecule is O[s+]1cnc2cccnc21. The first-order valence-electron chi connectivity index (χ1n) is 2.79. The second kappa shape index (κ2) is 2.00. The smallest absolute Gasteiger partial charge is 0.202 e. The van der Waals surface area contributed by atoms with Crippen LogP contribution >= 0.6 is 10.8 Å². The van der Waals surface area contributed by atoms with Gasteiger partial charge in [-0.1, -0.05) is 0 Å². The highest BCUT2D eigenvalue weighted by Gasteiger charge is 2.11. The number of hydrogen-bond donors (Lipinski definition) is 1. The van der Waals surface area contributed by atoms with Crippen molar-refractivity contribution in [1.29, 1.82) is 0 Å². The van der Waals surface area contributed by atoms with Gasteiger partial charge in [-0.3, -0.25) is 0 Å². The first-order valence-corrected chi connectivity index (χ1v) is 4.04. The molecular formula is C6H5N2OS+. The molecule has 0 aliphatic rings. The molecule has 4 heteroatoms. The van der Waals surface area contributed by atoms with Crippen LogP contribution in [0.4, 0.5) is 0 Å². The monoisotopic (exact) mass is 153 g/mol. The van der Waals surface area contributed by atoms with Gasteiger partial charge in [-0.05, 0) is 12.1 Å². The summed E-state index contributed by atoms with van der Waals surface area (Å²) in [4.78, 5) is 8.62. The molecule has 2 heterocycles. The van der Waals surface area contributed by atoms with Gasteiger partial charge in [0.05, 0.1) is 0 Å². The summed E-state index contributed by atoms with van der Waals surface area (Å²) < 4.78 is 9.20. The van der Waals surface area contributed by atoms with E-state index in [9.17, 15) is 4.55 Å². The van der Waals surface area contributed by atoms with Gasteiger partial charge in [-0.25, -0.2) is 4.98 Å². The molecule has 0 saturated carbocycles. The summed E-state index contributed by atoms with van der Waals surface area (Å²) in [5.41, 5.74) is 2.30. The van der Waals surface area contributed by atoms with Crippen molar-refractivity contribution in [3.8, 4) is 0 Å². The molecule has 50 valence electrons. The Bertz CT molecular complexity index is 357. The maximum atomic E-state index is 9.20. The van der Waals surface area contributed by atoms with E-state index in [0.717, 1.165) is 5.52 Å². The van der Waals surface area contributed by atoms with Crippen molar-refractivity contribution in [2.75, 3.05) is 0 Å². The molecule has 2 aromatic heterocycles. The molecule has 10 heavy (non-hydrogen) atoms. The predicted molar refractivity (Wildman–Crippen MR) is 39.4 cm³/mol. The molecule has 1 N–H and O–H groups in total. The number of rotatable bonds is 0. The summed E-state index contributed by atoms with van der Waals surface area (Å²) in [6.45, 7) is 0. The van der Waals surface area contributed by atoms with Crippen molar-refractivity contribution in [2.45, 2.75) is 0 Å². The van der Waals surface area contributed by atoms with Gasteiger partial charge in [-0.2, -0.15) is 9.54 Å². The van der Waals surface area contributed by atoms with Gasteiger partial charge in [0.25, 0.3) is 5.51 Å². The maximum absolute atomic E-state index is 9.20. The van der Waals surface area contributed by atoms with Crippen LogP contribution in [0.1, 0.15) is 0 Å². The van der Waals surface area contributed by atoms with Crippen LogP contribution in [-0.4, -0.2) is 14.5 Å². The molecule has 0 spiro atoms. The molecule has 2 aromatic rings. The molecule has 0 radical (unpaired) electrons. The fourth-order valence-electron chi connectivity index (χ4n) is 0.798. The van der Waals surface area contributed by atoms with Crippen molar-refractivity contribution < 1.29 is 4.55 Å². The van der Waals surface area contributed by atoms with Crippen LogP contribution in [0.25, 0.3) is 10.3 Å². The lowest BCUT2D eigenvalue weighted by molar-refractivity contribution is 0.644. The summed E-state index contributed by atoms with van der Waals surface area (Å²) >= 11 is 0. The van der Waals surface area contributed by atoms with E-state index >= 15 is 0 Å². The molecule has 3 nitrogen and oxygen atoms in total. The Morgan fingerprint density at radius 2 is 2.30 bits per heavy atom. The van der Waals surface area contributed by atoms with Gasteiger partial charge < -0.3 is 0 Å². The number of hydrogen-bond acceptors (Lipinski definition) is 3. The molecule has 0 fully saturated rings. The summed E-state index contributed by atoms with van der Waals surface area (Å²) in [5, 5.41) is 0. The molecule has 0 aliphatic carbocycles. The van der Waals surface area contributed by atoms with Crippen LogP contribution in [0.5, 0.6) is 0 Å². The Morgan fingerprint density at radius 3 is 3.10 bits per heavy atom. The second-order valence-electron chi connectivity index (χ2n) is 1.88. The van der Waals surface area contributed by atoms with Crippen molar-refractivity contribution in [3.05, 3.63) is 23.8 Å². The number of fused-ring (bicyclic) bond motifs is 1. The fourth-order valence-corrected chi connectivity index (χ4v) is 1.62. The lowest BCUT2D eigenvalue weighted by Crippen LogP contribution is -1.69. The van der Waals surface area contributed by atoms with Crippen molar-refractivity contribution in [3.63, 3.8) is 0 Å². The first kappa shape index (κ1) is 5.76. The fraction of sp³-hybridized carbons (Fsp3) is 0. The van der Waals surface area contributed by atoms with Crippen LogP contribution in [0.2, 0.25) is 0 Å². The second-order valence-corrected chi connectivity index (χ2v) is 3.10. The number of aromatic nitrogens is 2. The Morgan fingerprint density at radius 1 is 1.40 bits per heavy atom. The van der Waals surface area contributed by atoms with Crippen LogP contribution in [-0.2, 0) is 0 Å². The Hall–Kier alpha value is -1.00. The Labute approximate surface area is 60.2 Å². The normalized spacial score (nSPS) is 12.3. The topological polar surface area (TPSA) is 46.0 Å². The summed E-state index contributed by atoms with van der Waals surface area (Å²) in [6.07, 6.45) is 1.66. The van der Waals surface area contributed by atoms with Gasteiger partial charge in [0.15, 0.2) is 16.3 Å². The molecule has 2 rings (SSSR count). The molecular weight excluding hydrogens is 148 g/mol. The zero-order chi connectivity index (χ0) is 6.97. The highest BCUT2D eigenvalue weighted by molar-refractivity contribution is 7.29. The molecule has 0 bridgehead atoms. The molecule has 0 aromatic carbocycles. The molecule has 0 amide bonds. The zero-order valence-corrected chi connectivity index (χ0v) is 5.88. The van der Waals surface area contributed by atoms with E-state index in [-0.39, 0.29) is 0 Å². The highest BCUT2D eigenvalue weighted by atomic mass is 32.2. The van der Waals surface area contributed by atoms with E-state index in [1.165, 1.54) is 5.51 Å². The zero-order valence-electron chi connectivity index (χ0n) is 5.06. The van der Waals surface area contributed by atoms with E-state index in [4.69, 9.17) is 0 Å². The van der Waals surface area contributed by atoms with Crippen molar-refractivity contribution in [1.82, 2.24) is 9.97 Å². The van der Waals surface area contributed by atoms with E-state index in [2.05, 4.69) is 9.97 Å². The van der Waals surface area contributed by atoms with Gasteiger partial charge in [0.1, 0.15) is 0 Å². The third kappa shape index (κ3) is 0.698. The van der Waals surface area contributed by atoms with Crippen LogP contribution < -0.4 is 0 Å². The minimum absolute atomic E-state index is 0.683. The average molecular weight is 153 g/mol.